The SMILES string of the molecule is NCCCC(CCSC(F)(F)F)C(=O)O. The molecule has 0 bridgehead atoms. The number of carboxylic acids is 1. The third kappa shape index (κ3) is 8.56. The van der Waals surface area contributed by atoms with E-state index in [2.05, 4.69) is 0 Å². The quantitative estimate of drug-likeness (QED) is 0.720. The lowest BCUT2D eigenvalue weighted by molar-refractivity contribution is -0.142. The first kappa shape index (κ1) is 14.6. The second-order valence-electron chi connectivity index (χ2n) is 3.05. The van der Waals surface area contributed by atoms with Crippen LogP contribution in [-0.2, 0) is 4.79 Å². The van der Waals surface area contributed by atoms with Crippen LogP contribution in [0.2, 0.25) is 0 Å². The summed E-state index contributed by atoms with van der Waals surface area (Å²) >= 11 is -0.182. The van der Waals surface area contributed by atoms with Crippen LogP contribution in [0.1, 0.15) is 19.3 Å². The third-order valence-corrected chi connectivity index (χ3v) is 2.61. The summed E-state index contributed by atoms with van der Waals surface area (Å²) in [5, 5.41) is 8.70. The Morgan fingerprint density at radius 1 is 1.40 bits per heavy atom. The maximum atomic E-state index is 11.8. The molecule has 1 unspecified atom stereocenters. The molecule has 0 aromatic carbocycles. The molecule has 0 aromatic heterocycles. The summed E-state index contributed by atoms with van der Waals surface area (Å²) < 4.78 is 35.3. The minimum Gasteiger partial charge on any atom is -0.481 e. The van der Waals surface area contributed by atoms with Crippen molar-refractivity contribution in [2.45, 2.75) is 24.8 Å². The van der Waals surface area contributed by atoms with Gasteiger partial charge in [0.2, 0.25) is 0 Å². The molecule has 90 valence electrons. The lowest BCUT2D eigenvalue weighted by Gasteiger charge is -2.11. The van der Waals surface area contributed by atoms with Gasteiger partial charge < -0.3 is 10.8 Å². The first-order chi connectivity index (χ1) is 6.87. The maximum absolute atomic E-state index is 11.8. The van der Waals surface area contributed by atoms with Crippen LogP contribution in [0.15, 0.2) is 0 Å². The number of hydrogen-bond donors (Lipinski definition) is 2. The number of alkyl halides is 3. The number of carbonyl (C=O) groups is 1. The lowest BCUT2D eigenvalue weighted by Crippen LogP contribution is -2.17. The molecule has 0 saturated carbocycles. The van der Waals surface area contributed by atoms with Gasteiger partial charge in [-0.25, -0.2) is 0 Å². The zero-order chi connectivity index (χ0) is 11.9. The molecule has 1 atom stereocenters. The number of carboxylic acid groups (broad SMARTS) is 1. The van der Waals surface area contributed by atoms with Gasteiger partial charge in [-0.2, -0.15) is 13.2 Å². The number of rotatable bonds is 7. The highest BCUT2D eigenvalue weighted by Gasteiger charge is 2.28. The average Bonchev–Trinajstić information content (AvgIpc) is 2.08. The number of halogens is 3. The van der Waals surface area contributed by atoms with Gasteiger partial charge in [0.05, 0.1) is 5.92 Å². The van der Waals surface area contributed by atoms with E-state index in [9.17, 15) is 18.0 Å². The summed E-state index contributed by atoms with van der Waals surface area (Å²) in [6.45, 7) is 0.357. The van der Waals surface area contributed by atoms with Crippen molar-refractivity contribution >= 4 is 17.7 Å². The normalized spacial score (nSPS) is 13.9. The summed E-state index contributed by atoms with van der Waals surface area (Å²) in [7, 11) is 0. The topological polar surface area (TPSA) is 63.3 Å². The van der Waals surface area contributed by atoms with Crippen molar-refractivity contribution in [3.63, 3.8) is 0 Å². The van der Waals surface area contributed by atoms with E-state index in [-0.39, 0.29) is 23.9 Å². The number of nitrogens with two attached hydrogens (primary N) is 1. The zero-order valence-electron chi connectivity index (χ0n) is 8.09. The Hall–Kier alpha value is -0.430. The Morgan fingerprint density at radius 2 is 2.00 bits per heavy atom. The summed E-state index contributed by atoms with van der Waals surface area (Å²) in [6, 6.07) is 0. The molecule has 15 heavy (non-hydrogen) atoms. The van der Waals surface area contributed by atoms with Crippen LogP contribution in [0, 0.1) is 5.92 Å². The molecule has 3 nitrogen and oxygen atoms in total. The Morgan fingerprint density at radius 3 is 2.40 bits per heavy atom. The minimum atomic E-state index is -4.28. The highest BCUT2D eigenvalue weighted by Crippen LogP contribution is 2.31. The van der Waals surface area contributed by atoms with Gasteiger partial charge in [-0.1, -0.05) is 11.8 Å². The second-order valence-corrected chi connectivity index (χ2v) is 4.21. The van der Waals surface area contributed by atoms with Crippen molar-refractivity contribution in [3.8, 4) is 0 Å². The molecule has 0 aromatic rings. The number of aliphatic carboxylic acids is 1. The van der Waals surface area contributed by atoms with Crippen LogP contribution in [0.25, 0.3) is 0 Å². The van der Waals surface area contributed by atoms with Crippen molar-refractivity contribution in [3.05, 3.63) is 0 Å². The van der Waals surface area contributed by atoms with Gasteiger partial charge in [-0.15, -0.1) is 0 Å². The molecule has 7 heteroatoms. The van der Waals surface area contributed by atoms with Gasteiger partial charge in [-0.05, 0) is 25.8 Å². The molecule has 0 spiro atoms. The number of thioether (sulfide) groups is 1. The molecule has 0 rings (SSSR count). The molecule has 0 fully saturated rings. The van der Waals surface area contributed by atoms with Crippen LogP contribution in [0.5, 0.6) is 0 Å². The summed E-state index contributed by atoms with van der Waals surface area (Å²) in [5.41, 5.74) is 0.916. The molecule has 0 heterocycles. The van der Waals surface area contributed by atoms with E-state index in [1.54, 1.807) is 0 Å². The van der Waals surface area contributed by atoms with E-state index in [1.165, 1.54) is 0 Å². The van der Waals surface area contributed by atoms with Crippen LogP contribution in [-0.4, -0.2) is 28.9 Å². The molecule has 3 N–H and O–H groups in total. The fourth-order valence-electron chi connectivity index (χ4n) is 1.07. The van der Waals surface area contributed by atoms with E-state index in [1.807, 2.05) is 0 Å². The monoisotopic (exact) mass is 245 g/mol. The Bertz CT molecular complexity index is 199. The van der Waals surface area contributed by atoms with Gasteiger partial charge >= 0.3 is 11.5 Å². The smallest absolute Gasteiger partial charge is 0.441 e. The molecule has 0 radical (unpaired) electrons. The van der Waals surface area contributed by atoms with Crippen molar-refractivity contribution in [1.82, 2.24) is 0 Å². The average molecular weight is 245 g/mol. The highest BCUT2D eigenvalue weighted by molar-refractivity contribution is 8.00. The second kappa shape index (κ2) is 6.95. The van der Waals surface area contributed by atoms with Crippen LogP contribution in [0.3, 0.4) is 0 Å². The molecule has 0 saturated heterocycles. The summed E-state index contributed by atoms with van der Waals surface area (Å²) in [6.07, 6.45) is 0.886. The highest BCUT2D eigenvalue weighted by atomic mass is 32.2. The number of hydrogen-bond acceptors (Lipinski definition) is 3. The summed E-state index contributed by atoms with van der Waals surface area (Å²) in [5.74, 6) is -1.99. The van der Waals surface area contributed by atoms with Gasteiger partial charge in [-0.3, -0.25) is 4.79 Å². The molecule has 0 aliphatic carbocycles. The zero-order valence-corrected chi connectivity index (χ0v) is 8.90. The fourth-order valence-corrected chi connectivity index (χ4v) is 1.71. The third-order valence-electron chi connectivity index (χ3n) is 1.84. The molecular formula is C8H14F3NO2S. The Balaban J connectivity index is 3.81. The fraction of sp³-hybridized carbons (Fsp3) is 0.875. The van der Waals surface area contributed by atoms with E-state index in [4.69, 9.17) is 10.8 Å². The van der Waals surface area contributed by atoms with E-state index >= 15 is 0 Å². The molecule has 0 aliphatic rings. The molecule has 0 amide bonds. The van der Waals surface area contributed by atoms with E-state index in [0.29, 0.717) is 19.4 Å². The van der Waals surface area contributed by atoms with E-state index in [0.717, 1.165) is 0 Å². The van der Waals surface area contributed by atoms with E-state index < -0.39 is 17.4 Å². The first-order valence-electron chi connectivity index (χ1n) is 4.50. The minimum absolute atomic E-state index is 0.0273. The van der Waals surface area contributed by atoms with Gasteiger partial charge in [0, 0.05) is 5.75 Å². The Kier molecular flexibility index (Phi) is 6.75. The first-order valence-corrected chi connectivity index (χ1v) is 5.49. The van der Waals surface area contributed by atoms with Crippen molar-refractivity contribution in [2.75, 3.05) is 12.3 Å². The van der Waals surface area contributed by atoms with Crippen molar-refractivity contribution in [1.29, 1.82) is 0 Å². The molecule has 0 aliphatic heterocycles. The predicted octanol–water partition coefficient (Wildman–Crippen LogP) is 2.07. The lowest BCUT2D eigenvalue weighted by atomic mass is 10.0. The Labute approximate surface area is 90.2 Å². The van der Waals surface area contributed by atoms with Crippen LogP contribution >= 0.6 is 11.8 Å². The van der Waals surface area contributed by atoms with Crippen molar-refractivity contribution < 1.29 is 23.1 Å². The van der Waals surface area contributed by atoms with Gasteiger partial charge in [0.25, 0.3) is 0 Å². The van der Waals surface area contributed by atoms with Crippen molar-refractivity contribution in [2.24, 2.45) is 11.7 Å². The standard InChI is InChI=1S/C8H14F3NO2S/c9-8(10,11)15-5-3-6(7(13)14)2-1-4-12/h6H,1-5,12H2,(H,13,14). The maximum Gasteiger partial charge on any atom is 0.441 e. The molecular weight excluding hydrogens is 231 g/mol. The van der Waals surface area contributed by atoms with Crippen LogP contribution in [0.4, 0.5) is 13.2 Å². The largest absolute Gasteiger partial charge is 0.481 e. The predicted molar refractivity (Wildman–Crippen MR) is 52.5 cm³/mol. The van der Waals surface area contributed by atoms with Crippen LogP contribution < -0.4 is 5.73 Å². The van der Waals surface area contributed by atoms with Gasteiger partial charge in [0.1, 0.15) is 0 Å². The van der Waals surface area contributed by atoms with Gasteiger partial charge in [0.15, 0.2) is 0 Å². The summed E-state index contributed by atoms with van der Waals surface area (Å²) in [4.78, 5) is 10.6.